The summed E-state index contributed by atoms with van der Waals surface area (Å²) in [6, 6.07) is 11.8. The molecule has 2 aromatic carbocycles. The summed E-state index contributed by atoms with van der Waals surface area (Å²) in [7, 11) is 0. The van der Waals surface area contributed by atoms with Crippen molar-refractivity contribution in [2.75, 3.05) is 13.2 Å². The maximum atomic E-state index is 13.0. The number of hydrogen-bond donors (Lipinski definition) is 1. The van der Waals surface area contributed by atoms with Gasteiger partial charge in [0.2, 0.25) is 5.91 Å². The Bertz CT molecular complexity index is 820. The molecule has 2 rings (SSSR count). The normalized spacial score (nSPS) is 11.6. The highest BCUT2D eigenvalue weighted by Crippen LogP contribution is 2.26. The number of ether oxygens (including phenoxy) is 1. The predicted molar refractivity (Wildman–Crippen MR) is 116 cm³/mol. The maximum Gasteiger partial charge on any atom is 0.261 e. The Labute approximate surface area is 181 Å². The molecule has 2 aromatic rings. The van der Waals surface area contributed by atoms with E-state index < -0.39 is 6.04 Å². The van der Waals surface area contributed by atoms with Crippen LogP contribution in [-0.2, 0) is 16.1 Å². The molecule has 0 fully saturated rings. The number of rotatable bonds is 9. The minimum Gasteiger partial charge on any atom is -0.484 e. The Hall–Kier alpha value is -2.24. The molecule has 0 aliphatic heterocycles. The largest absolute Gasteiger partial charge is 0.484 e. The Kier molecular flexibility index (Phi) is 8.80. The first-order valence-electron chi connectivity index (χ1n) is 9.53. The van der Waals surface area contributed by atoms with Crippen molar-refractivity contribution in [3.63, 3.8) is 0 Å². The molecule has 1 atom stereocenters. The van der Waals surface area contributed by atoms with Crippen LogP contribution >= 0.6 is 23.2 Å². The monoisotopic (exact) mass is 436 g/mol. The van der Waals surface area contributed by atoms with Crippen molar-refractivity contribution in [3.05, 3.63) is 63.6 Å². The average Bonchev–Trinajstić information content (AvgIpc) is 2.70. The number of halogens is 2. The van der Waals surface area contributed by atoms with Crippen molar-refractivity contribution in [2.24, 2.45) is 0 Å². The van der Waals surface area contributed by atoms with Gasteiger partial charge in [-0.3, -0.25) is 9.59 Å². The van der Waals surface area contributed by atoms with Gasteiger partial charge in [0.15, 0.2) is 6.61 Å². The molecule has 0 spiro atoms. The van der Waals surface area contributed by atoms with Crippen LogP contribution in [0.15, 0.2) is 42.5 Å². The number of nitrogens with zero attached hydrogens (tertiary/aromatic N) is 1. The van der Waals surface area contributed by atoms with Gasteiger partial charge in [-0.2, -0.15) is 0 Å². The Balaban J connectivity index is 2.19. The van der Waals surface area contributed by atoms with Crippen LogP contribution in [0.25, 0.3) is 0 Å². The summed E-state index contributed by atoms with van der Waals surface area (Å²) >= 11 is 12.6. The molecular formula is C22H26Cl2N2O3. The second-order valence-corrected chi connectivity index (χ2v) is 7.60. The lowest BCUT2D eigenvalue weighted by Crippen LogP contribution is -2.49. The van der Waals surface area contributed by atoms with Gasteiger partial charge >= 0.3 is 0 Å². The molecule has 1 N–H and O–H groups in total. The van der Waals surface area contributed by atoms with E-state index in [4.69, 9.17) is 27.9 Å². The van der Waals surface area contributed by atoms with Gasteiger partial charge in [0.25, 0.3) is 5.91 Å². The first kappa shape index (κ1) is 23.0. The lowest BCUT2D eigenvalue weighted by molar-refractivity contribution is -0.142. The number of aryl methyl sites for hydroxylation is 1. The van der Waals surface area contributed by atoms with Crippen LogP contribution in [0.1, 0.15) is 31.4 Å². The van der Waals surface area contributed by atoms with Crippen LogP contribution in [0.4, 0.5) is 0 Å². The van der Waals surface area contributed by atoms with Gasteiger partial charge < -0.3 is 15.0 Å². The minimum absolute atomic E-state index is 0.106. The average molecular weight is 437 g/mol. The lowest BCUT2D eigenvalue weighted by Gasteiger charge is -2.29. The molecule has 1 unspecified atom stereocenters. The molecular weight excluding hydrogens is 411 g/mol. The molecule has 5 nitrogen and oxygen atoms in total. The van der Waals surface area contributed by atoms with Gasteiger partial charge in [-0.15, -0.1) is 0 Å². The fraction of sp³-hybridized carbons (Fsp3) is 0.364. The summed E-state index contributed by atoms with van der Waals surface area (Å²) in [6.07, 6.45) is 0.805. The third-order valence-electron chi connectivity index (χ3n) is 4.49. The molecule has 0 saturated carbocycles. The molecule has 0 radical (unpaired) electrons. The van der Waals surface area contributed by atoms with E-state index >= 15 is 0 Å². The van der Waals surface area contributed by atoms with Crippen molar-refractivity contribution in [1.29, 1.82) is 0 Å². The lowest BCUT2D eigenvalue weighted by atomic mass is 10.1. The molecule has 0 bridgehead atoms. The van der Waals surface area contributed by atoms with Crippen molar-refractivity contribution in [2.45, 2.75) is 39.8 Å². The van der Waals surface area contributed by atoms with Gasteiger partial charge in [-0.05, 0) is 44.5 Å². The number of benzene rings is 2. The van der Waals surface area contributed by atoms with Gasteiger partial charge in [0.1, 0.15) is 11.8 Å². The summed E-state index contributed by atoms with van der Waals surface area (Å²) in [6.45, 7) is 6.07. The minimum atomic E-state index is -0.706. The molecule has 0 aromatic heterocycles. The third-order valence-corrected chi connectivity index (χ3v) is 5.20. The van der Waals surface area contributed by atoms with Crippen LogP contribution < -0.4 is 10.1 Å². The molecule has 0 aliphatic carbocycles. The van der Waals surface area contributed by atoms with Crippen LogP contribution in [0, 0.1) is 6.92 Å². The number of carbonyl (C=O) groups is 2. The third kappa shape index (κ3) is 6.65. The first-order valence-corrected chi connectivity index (χ1v) is 10.3. The summed E-state index contributed by atoms with van der Waals surface area (Å²) in [5, 5.41) is 3.70. The standard InChI is InChI=1S/C22H26Cl2N2O3/c1-4-12-25-22(28)16(3)26(13-18-19(23)6-5-7-20(18)24)21(27)14-29-17-10-8-15(2)9-11-17/h5-11,16H,4,12-14H2,1-3H3,(H,25,28). The predicted octanol–water partition coefficient (Wildman–Crippen LogP) is 4.62. The molecule has 156 valence electrons. The molecule has 0 heterocycles. The van der Waals surface area contributed by atoms with E-state index in [0.717, 1.165) is 12.0 Å². The molecule has 2 amide bonds. The number of hydrogen-bond acceptors (Lipinski definition) is 3. The van der Waals surface area contributed by atoms with Crippen LogP contribution in [0.5, 0.6) is 5.75 Å². The van der Waals surface area contributed by atoms with Crippen molar-refractivity contribution < 1.29 is 14.3 Å². The van der Waals surface area contributed by atoms with Gasteiger partial charge in [-0.1, -0.05) is 53.9 Å². The Morgan fingerprint density at radius 2 is 1.72 bits per heavy atom. The van der Waals surface area contributed by atoms with Crippen molar-refractivity contribution >= 4 is 35.0 Å². The topological polar surface area (TPSA) is 58.6 Å². The second kappa shape index (κ2) is 11.1. The zero-order chi connectivity index (χ0) is 21.4. The summed E-state index contributed by atoms with van der Waals surface area (Å²) in [5.74, 6) is 0.0159. The number of amides is 2. The quantitative estimate of drug-likeness (QED) is 0.623. The van der Waals surface area contributed by atoms with E-state index in [1.54, 1.807) is 37.3 Å². The van der Waals surface area contributed by atoms with Crippen molar-refractivity contribution in [1.82, 2.24) is 10.2 Å². The molecule has 0 aliphatic rings. The molecule has 29 heavy (non-hydrogen) atoms. The van der Waals surface area contributed by atoms with Crippen molar-refractivity contribution in [3.8, 4) is 5.75 Å². The van der Waals surface area contributed by atoms with E-state index in [-0.39, 0.29) is 25.0 Å². The number of nitrogens with one attached hydrogen (secondary N) is 1. The highest BCUT2D eigenvalue weighted by molar-refractivity contribution is 6.36. The zero-order valence-electron chi connectivity index (χ0n) is 16.9. The first-order chi connectivity index (χ1) is 13.8. The number of carbonyl (C=O) groups excluding carboxylic acids is 2. The fourth-order valence-corrected chi connectivity index (χ4v) is 3.21. The van der Waals surface area contributed by atoms with E-state index in [9.17, 15) is 9.59 Å². The van der Waals surface area contributed by atoms with E-state index in [1.165, 1.54) is 4.90 Å². The summed E-state index contributed by atoms with van der Waals surface area (Å²) < 4.78 is 5.62. The van der Waals surface area contributed by atoms with Gasteiger partial charge in [0, 0.05) is 28.7 Å². The van der Waals surface area contributed by atoms with Crippen LogP contribution in [0.2, 0.25) is 10.0 Å². The van der Waals surface area contributed by atoms with Crippen LogP contribution in [-0.4, -0.2) is 35.9 Å². The van der Waals surface area contributed by atoms with E-state index in [0.29, 0.717) is 27.9 Å². The Morgan fingerprint density at radius 3 is 2.31 bits per heavy atom. The SMILES string of the molecule is CCCNC(=O)C(C)N(Cc1c(Cl)cccc1Cl)C(=O)COc1ccc(C)cc1. The van der Waals surface area contributed by atoms with Crippen LogP contribution in [0.3, 0.4) is 0 Å². The maximum absolute atomic E-state index is 13.0. The summed E-state index contributed by atoms with van der Waals surface area (Å²) in [4.78, 5) is 26.9. The molecule has 7 heteroatoms. The fourth-order valence-electron chi connectivity index (χ4n) is 2.69. The smallest absolute Gasteiger partial charge is 0.261 e. The molecule has 0 saturated heterocycles. The second-order valence-electron chi connectivity index (χ2n) is 6.79. The zero-order valence-corrected chi connectivity index (χ0v) is 18.4. The van der Waals surface area contributed by atoms with E-state index in [1.807, 2.05) is 26.0 Å². The van der Waals surface area contributed by atoms with Gasteiger partial charge in [-0.25, -0.2) is 0 Å². The summed E-state index contributed by atoms with van der Waals surface area (Å²) in [5.41, 5.74) is 1.69. The highest BCUT2D eigenvalue weighted by atomic mass is 35.5. The Morgan fingerprint density at radius 1 is 1.10 bits per heavy atom. The van der Waals surface area contributed by atoms with E-state index in [2.05, 4.69) is 5.32 Å². The van der Waals surface area contributed by atoms with Gasteiger partial charge in [0.05, 0.1) is 0 Å². The highest BCUT2D eigenvalue weighted by Gasteiger charge is 2.27.